The Morgan fingerprint density at radius 2 is 2.12 bits per heavy atom. The first-order valence-corrected chi connectivity index (χ1v) is 6.89. The van der Waals surface area contributed by atoms with Gasteiger partial charge in [-0.3, -0.25) is 4.98 Å². The number of alkyl halides is 1. The molecule has 1 aromatic heterocycles. The second kappa shape index (κ2) is 8.04. The van der Waals surface area contributed by atoms with Gasteiger partial charge in [-0.05, 0) is 54.0 Å². The Morgan fingerprint density at radius 1 is 1.31 bits per heavy atom. The van der Waals surface area contributed by atoms with Crippen LogP contribution in [0.3, 0.4) is 0 Å². The topological polar surface area (TPSA) is 16.1 Å². The van der Waals surface area contributed by atoms with Crippen LogP contribution < -0.4 is 0 Å². The molecule has 0 amide bonds. The largest absolute Gasteiger partial charge is 0.302 e. The van der Waals surface area contributed by atoms with Crippen molar-refractivity contribution in [2.75, 3.05) is 19.5 Å². The molecule has 1 heterocycles. The van der Waals surface area contributed by atoms with E-state index in [1.807, 2.05) is 12.4 Å². The molecule has 0 spiro atoms. The minimum Gasteiger partial charge on any atom is -0.302 e. The number of nitrogens with zero attached hydrogens (tertiary/aromatic N) is 2. The van der Waals surface area contributed by atoms with Crippen LogP contribution in [0.4, 0.5) is 0 Å². The highest BCUT2D eigenvalue weighted by Gasteiger charge is 2.01. The van der Waals surface area contributed by atoms with Gasteiger partial charge in [-0.25, -0.2) is 0 Å². The molecule has 16 heavy (non-hydrogen) atoms. The minimum atomic E-state index is 0.777. The lowest BCUT2D eigenvalue weighted by atomic mass is 10.2. The van der Waals surface area contributed by atoms with Crippen LogP contribution in [0.5, 0.6) is 0 Å². The van der Waals surface area contributed by atoms with Gasteiger partial charge in [0.1, 0.15) is 0 Å². The molecule has 2 nitrogen and oxygen atoms in total. The van der Waals surface area contributed by atoms with Gasteiger partial charge in [0.25, 0.3) is 0 Å². The maximum absolute atomic E-state index is 5.64. The summed E-state index contributed by atoms with van der Waals surface area (Å²) < 4.78 is 1.04. The van der Waals surface area contributed by atoms with Crippen molar-refractivity contribution in [2.45, 2.75) is 25.8 Å². The molecule has 0 N–H and O–H groups in total. The summed E-state index contributed by atoms with van der Waals surface area (Å²) >= 11 is 9.07. The first-order valence-electron chi connectivity index (χ1n) is 5.56. The normalized spacial score (nSPS) is 11.0. The van der Waals surface area contributed by atoms with Crippen LogP contribution in [-0.2, 0) is 6.54 Å². The van der Waals surface area contributed by atoms with E-state index in [-0.39, 0.29) is 0 Å². The molecule has 0 aliphatic rings. The van der Waals surface area contributed by atoms with E-state index in [4.69, 9.17) is 11.6 Å². The molecule has 0 aliphatic carbocycles. The Morgan fingerprint density at radius 3 is 2.81 bits per heavy atom. The number of hydrogen-bond acceptors (Lipinski definition) is 2. The second-order valence-electron chi connectivity index (χ2n) is 4.00. The summed E-state index contributed by atoms with van der Waals surface area (Å²) in [4.78, 5) is 6.47. The lowest BCUT2D eigenvalue weighted by Gasteiger charge is -2.16. The van der Waals surface area contributed by atoms with Gasteiger partial charge >= 0.3 is 0 Å². The lowest BCUT2D eigenvalue weighted by Crippen LogP contribution is -2.19. The van der Waals surface area contributed by atoms with Gasteiger partial charge in [0, 0.05) is 29.3 Å². The molecule has 0 atom stereocenters. The smallest absolute Gasteiger partial charge is 0.0410 e. The number of aromatic nitrogens is 1. The van der Waals surface area contributed by atoms with Crippen LogP contribution in [-0.4, -0.2) is 29.4 Å². The van der Waals surface area contributed by atoms with Crippen molar-refractivity contribution in [2.24, 2.45) is 0 Å². The van der Waals surface area contributed by atoms with Gasteiger partial charge < -0.3 is 4.90 Å². The predicted octanol–water partition coefficient (Wildman–Crippen LogP) is 3.69. The van der Waals surface area contributed by atoms with E-state index in [1.54, 1.807) is 0 Å². The summed E-state index contributed by atoms with van der Waals surface area (Å²) in [5, 5.41) is 0. The van der Waals surface area contributed by atoms with E-state index in [0.717, 1.165) is 29.9 Å². The Balaban J connectivity index is 2.25. The minimum absolute atomic E-state index is 0.777. The maximum atomic E-state index is 5.64. The Kier molecular flexibility index (Phi) is 7.01. The summed E-state index contributed by atoms with van der Waals surface area (Å²) in [6, 6.07) is 2.11. The summed E-state index contributed by atoms with van der Waals surface area (Å²) in [7, 11) is 2.14. The van der Waals surface area contributed by atoms with E-state index in [9.17, 15) is 0 Å². The zero-order valence-electron chi connectivity index (χ0n) is 9.63. The van der Waals surface area contributed by atoms with Gasteiger partial charge in [0.2, 0.25) is 0 Å². The molecule has 1 rings (SSSR count). The van der Waals surface area contributed by atoms with Gasteiger partial charge in [0.05, 0.1) is 0 Å². The fourth-order valence-corrected chi connectivity index (χ4v) is 2.19. The number of halogens is 2. The molecule has 0 saturated heterocycles. The summed E-state index contributed by atoms with van der Waals surface area (Å²) in [5.74, 6) is 0.777. The highest BCUT2D eigenvalue weighted by Crippen LogP contribution is 2.11. The van der Waals surface area contributed by atoms with Crippen molar-refractivity contribution >= 4 is 27.5 Å². The van der Waals surface area contributed by atoms with Gasteiger partial charge in [-0.1, -0.05) is 6.42 Å². The van der Waals surface area contributed by atoms with E-state index in [1.165, 1.54) is 18.4 Å². The fraction of sp³-hybridized carbons (Fsp3) is 0.583. The van der Waals surface area contributed by atoms with Crippen LogP contribution >= 0.6 is 27.5 Å². The zero-order valence-corrected chi connectivity index (χ0v) is 12.0. The van der Waals surface area contributed by atoms with Crippen LogP contribution in [0, 0.1) is 0 Å². The quantitative estimate of drug-likeness (QED) is 0.564. The first kappa shape index (κ1) is 13.9. The third-order valence-electron chi connectivity index (χ3n) is 2.39. The molecular formula is C12H18BrClN2. The average Bonchev–Trinajstić information content (AvgIpc) is 2.24. The predicted molar refractivity (Wildman–Crippen MR) is 72.8 cm³/mol. The standard InChI is InChI=1S/C12H18BrClN2/c1-16(6-4-2-3-5-14)10-11-7-12(13)9-15-8-11/h7-9H,2-6,10H2,1H3. The van der Waals surface area contributed by atoms with Crippen molar-refractivity contribution in [1.82, 2.24) is 9.88 Å². The number of hydrogen-bond donors (Lipinski definition) is 0. The number of rotatable bonds is 7. The molecular weight excluding hydrogens is 288 g/mol. The van der Waals surface area contributed by atoms with Gasteiger partial charge in [-0.15, -0.1) is 11.6 Å². The van der Waals surface area contributed by atoms with Crippen molar-refractivity contribution in [3.05, 3.63) is 28.5 Å². The van der Waals surface area contributed by atoms with E-state index in [2.05, 4.69) is 38.9 Å². The summed E-state index contributed by atoms with van der Waals surface area (Å²) in [6.45, 7) is 2.07. The third-order valence-corrected chi connectivity index (χ3v) is 3.09. The van der Waals surface area contributed by atoms with Gasteiger partial charge in [0.15, 0.2) is 0 Å². The van der Waals surface area contributed by atoms with Crippen molar-refractivity contribution in [3.63, 3.8) is 0 Å². The van der Waals surface area contributed by atoms with E-state index < -0.39 is 0 Å². The Bertz CT molecular complexity index is 307. The molecule has 0 aliphatic heterocycles. The molecule has 0 saturated carbocycles. The monoisotopic (exact) mass is 304 g/mol. The van der Waals surface area contributed by atoms with E-state index >= 15 is 0 Å². The summed E-state index contributed by atoms with van der Waals surface area (Å²) in [5.41, 5.74) is 1.24. The number of unbranched alkanes of at least 4 members (excludes halogenated alkanes) is 2. The Labute approximate surface area is 111 Å². The molecule has 4 heteroatoms. The van der Waals surface area contributed by atoms with Crippen LogP contribution in [0.15, 0.2) is 22.9 Å². The average molecular weight is 306 g/mol. The molecule has 1 aromatic rings. The first-order chi connectivity index (χ1) is 7.72. The molecule has 0 aromatic carbocycles. The highest BCUT2D eigenvalue weighted by molar-refractivity contribution is 9.10. The van der Waals surface area contributed by atoms with Crippen molar-refractivity contribution in [1.29, 1.82) is 0 Å². The maximum Gasteiger partial charge on any atom is 0.0410 e. The zero-order chi connectivity index (χ0) is 11.8. The highest BCUT2D eigenvalue weighted by atomic mass is 79.9. The molecule has 90 valence electrons. The van der Waals surface area contributed by atoms with Crippen molar-refractivity contribution in [3.8, 4) is 0 Å². The van der Waals surface area contributed by atoms with Crippen molar-refractivity contribution < 1.29 is 0 Å². The van der Waals surface area contributed by atoms with Crippen LogP contribution in [0.1, 0.15) is 24.8 Å². The SMILES string of the molecule is CN(CCCCCCl)Cc1cncc(Br)c1. The third kappa shape index (κ3) is 5.83. The number of pyridine rings is 1. The van der Waals surface area contributed by atoms with E-state index in [0.29, 0.717) is 0 Å². The van der Waals surface area contributed by atoms with Gasteiger partial charge in [-0.2, -0.15) is 0 Å². The Hall–Kier alpha value is -0.120. The molecule has 0 radical (unpaired) electrons. The summed E-state index contributed by atoms with van der Waals surface area (Å²) in [6.07, 6.45) is 7.27. The molecule has 0 fully saturated rings. The molecule has 0 bridgehead atoms. The second-order valence-corrected chi connectivity index (χ2v) is 5.29. The molecule has 0 unspecified atom stereocenters. The van der Waals surface area contributed by atoms with Crippen LogP contribution in [0.2, 0.25) is 0 Å². The van der Waals surface area contributed by atoms with Crippen LogP contribution in [0.25, 0.3) is 0 Å². The lowest BCUT2D eigenvalue weighted by molar-refractivity contribution is 0.318. The fourth-order valence-electron chi connectivity index (χ4n) is 1.59.